The van der Waals surface area contributed by atoms with Gasteiger partial charge in [0.15, 0.2) is 0 Å². The molecule has 3 aromatic rings. The van der Waals surface area contributed by atoms with Gasteiger partial charge in [-0.15, -0.1) is 4.37 Å². The first-order chi connectivity index (χ1) is 20.0. The lowest BCUT2D eigenvalue weighted by Gasteiger charge is -2.34. The number of piperazine rings is 1. The van der Waals surface area contributed by atoms with Crippen LogP contribution in [0.5, 0.6) is 5.88 Å². The molecule has 0 radical (unpaired) electrons. The zero-order valence-corrected chi connectivity index (χ0v) is 22.8. The number of hydrogen-bond donors (Lipinski definition) is 2. The number of carbonyl (C=O) groups excluding carboxylic acids is 1. The molecular formula is C25H26F6N8O2S. The summed E-state index contributed by atoms with van der Waals surface area (Å²) >= 11 is 0.946. The SMILES string of the molecule is O=C(Nc1cc(C(F)(F)F)cc(C(F)(F)F)c1)N1CCN(c2nsnc2OCc2ccnc(NC3CCCC3)n2)CC1. The number of anilines is 3. The Hall–Kier alpha value is -3.89. The van der Waals surface area contributed by atoms with Gasteiger partial charge in [-0.2, -0.15) is 30.7 Å². The van der Waals surface area contributed by atoms with Gasteiger partial charge in [0.1, 0.15) is 6.61 Å². The summed E-state index contributed by atoms with van der Waals surface area (Å²) in [6.45, 7) is 0.967. The van der Waals surface area contributed by atoms with Crippen LogP contribution < -0.4 is 20.3 Å². The number of ether oxygens (including phenoxy) is 1. The zero-order valence-electron chi connectivity index (χ0n) is 22.0. The Morgan fingerprint density at radius 3 is 2.29 bits per heavy atom. The van der Waals surface area contributed by atoms with Crippen molar-refractivity contribution in [3.05, 3.63) is 47.3 Å². The number of nitrogens with one attached hydrogen (secondary N) is 2. The van der Waals surface area contributed by atoms with Crippen molar-refractivity contribution in [3.8, 4) is 5.88 Å². The number of halogens is 6. The number of nitrogens with zero attached hydrogens (tertiary/aromatic N) is 6. The normalized spacial score (nSPS) is 16.5. The van der Waals surface area contributed by atoms with Gasteiger partial charge in [-0.3, -0.25) is 0 Å². The van der Waals surface area contributed by atoms with Gasteiger partial charge in [0.25, 0.3) is 5.88 Å². The number of alkyl halides is 6. The molecule has 10 nitrogen and oxygen atoms in total. The molecular weight excluding hydrogens is 590 g/mol. The maximum Gasteiger partial charge on any atom is 0.416 e. The number of urea groups is 1. The number of hydrogen-bond acceptors (Lipinski definition) is 9. The summed E-state index contributed by atoms with van der Waals surface area (Å²) in [6.07, 6.45) is -3.87. The third kappa shape index (κ3) is 7.30. The Kier molecular flexibility index (Phi) is 8.56. The van der Waals surface area contributed by atoms with E-state index in [0.717, 1.165) is 24.6 Å². The van der Waals surface area contributed by atoms with Crippen LogP contribution in [0, 0.1) is 0 Å². The van der Waals surface area contributed by atoms with E-state index < -0.39 is 35.2 Å². The smallest absolute Gasteiger partial charge is 0.416 e. The van der Waals surface area contributed by atoms with Crippen molar-refractivity contribution in [2.75, 3.05) is 41.7 Å². The third-order valence-electron chi connectivity index (χ3n) is 6.91. The lowest BCUT2D eigenvalue weighted by atomic mass is 10.1. The van der Waals surface area contributed by atoms with Gasteiger partial charge in [-0.05, 0) is 37.1 Å². The second-order valence-electron chi connectivity index (χ2n) is 9.88. The standard InChI is InChI=1S/C25H26F6N8O2S/c26-24(27,28)15-11-16(25(29,30)31)13-19(12-15)35-23(40)39-9-7-38(8-10-39)20-21(37-42-36-20)41-14-18-5-6-32-22(34-18)33-17-3-1-2-4-17/h5-6,11-13,17H,1-4,7-10,14H2,(H,35,40)(H,32,33,34). The number of amides is 2. The van der Waals surface area contributed by atoms with Gasteiger partial charge in [-0.1, -0.05) is 12.8 Å². The van der Waals surface area contributed by atoms with E-state index in [4.69, 9.17) is 4.74 Å². The lowest BCUT2D eigenvalue weighted by Crippen LogP contribution is -2.50. The first-order valence-electron chi connectivity index (χ1n) is 13.1. The van der Waals surface area contributed by atoms with E-state index in [1.165, 1.54) is 17.7 Å². The topological polar surface area (TPSA) is 108 Å². The third-order valence-corrected chi connectivity index (χ3v) is 7.41. The Labute approximate surface area is 240 Å². The Bertz CT molecular complexity index is 1360. The molecule has 3 heterocycles. The molecule has 0 unspecified atom stereocenters. The molecule has 1 aromatic carbocycles. The van der Waals surface area contributed by atoms with Crippen LogP contribution in [0.3, 0.4) is 0 Å². The van der Waals surface area contributed by atoms with Crippen molar-refractivity contribution < 1.29 is 35.9 Å². The van der Waals surface area contributed by atoms with Gasteiger partial charge in [0, 0.05) is 44.1 Å². The first kappa shape index (κ1) is 29.6. The van der Waals surface area contributed by atoms with Gasteiger partial charge in [0.05, 0.1) is 28.5 Å². The lowest BCUT2D eigenvalue weighted by molar-refractivity contribution is -0.143. The van der Waals surface area contributed by atoms with E-state index in [1.807, 2.05) is 4.90 Å². The molecule has 42 heavy (non-hydrogen) atoms. The van der Waals surface area contributed by atoms with Gasteiger partial charge in [-0.25, -0.2) is 14.8 Å². The predicted octanol–water partition coefficient (Wildman–Crippen LogP) is 5.65. The van der Waals surface area contributed by atoms with Gasteiger partial charge >= 0.3 is 18.4 Å². The molecule has 2 aliphatic rings. The van der Waals surface area contributed by atoms with Crippen LogP contribution in [0.4, 0.5) is 48.6 Å². The van der Waals surface area contributed by atoms with Crippen molar-refractivity contribution in [1.82, 2.24) is 23.6 Å². The monoisotopic (exact) mass is 616 g/mol. The summed E-state index contributed by atoms with van der Waals surface area (Å²) in [6, 6.07) is 2.23. The maximum atomic E-state index is 13.2. The van der Waals surface area contributed by atoms with Crippen molar-refractivity contribution in [3.63, 3.8) is 0 Å². The van der Waals surface area contributed by atoms with Gasteiger partial charge < -0.3 is 25.2 Å². The summed E-state index contributed by atoms with van der Waals surface area (Å²) < 4.78 is 93.3. The molecule has 1 saturated heterocycles. The van der Waals surface area contributed by atoms with Crippen molar-refractivity contribution >= 4 is 35.2 Å². The molecule has 2 N–H and O–H groups in total. The summed E-state index contributed by atoms with van der Waals surface area (Å²) in [7, 11) is 0. The minimum atomic E-state index is -5.02. The zero-order chi connectivity index (χ0) is 29.9. The van der Waals surface area contributed by atoms with E-state index in [-0.39, 0.29) is 44.7 Å². The van der Waals surface area contributed by atoms with Crippen LogP contribution in [-0.2, 0) is 19.0 Å². The average Bonchev–Trinajstić information content (AvgIpc) is 3.63. The van der Waals surface area contributed by atoms with Crippen LogP contribution in [0.15, 0.2) is 30.5 Å². The second-order valence-corrected chi connectivity index (χ2v) is 10.4. The Balaban J connectivity index is 1.17. The molecule has 0 bridgehead atoms. The molecule has 2 fully saturated rings. The number of aromatic nitrogens is 4. The van der Waals surface area contributed by atoms with Crippen molar-refractivity contribution in [2.24, 2.45) is 0 Å². The molecule has 1 aliphatic heterocycles. The van der Waals surface area contributed by atoms with Crippen LogP contribution in [-0.4, -0.2) is 61.9 Å². The number of carbonyl (C=O) groups is 1. The summed E-state index contributed by atoms with van der Waals surface area (Å²) in [5.41, 5.74) is -2.97. The van der Waals surface area contributed by atoms with Crippen LogP contribution >= 0.6 is 11.7 Å². The molecule has 17 heteroatoms. The maximum absolute atomic E-state index is 13.2. The van der Waals surface area contributed by atoms with E-state index >= 15 is 0 Å². The fourth-order valence-electron chi connectivity index (χ4n) is 4.75. The van der Waals surface area contributed by atoms with Crippen molar-refractivity contribution in [1.29, 1.82) is 0 Å². The first-order valence-corrected chi connectivity index (χ1v) is 13.8. The second kappa shape index (κ2) is 12.1. The highest BCUT2D eigenvalue weighted by Gasteiger charge is 2.37. The Morgan fingerprint density at radius 2 is 1.64 bits per heavy atom. The van der Waals surface area contributed by atoms with Crippen molar-refractivity contribution in [2.45, 2.75) is 50.7 Å². The molecule has 5 rings (SSSR count). The largest absolute Gasteiger partial charge is 0.468 e. The summed E-state index contributed by atoms with van der Waals surface area (Å²) in [4.78, 5) is 24.6. The number of rotatable bonds is 7. The van der Waals surface area contributed by atoms with E-state index in [9.17, 15) is 31.1 Å². The van der Waals surface area contributed by atoms with E-state index in [0.29, 0.717) is 35.6 Å². The minimum absolute atomic E-state index is 0.00694. The van der Waals surface area contributed by atoms with E-state index in [2.05, 4.69) is 29.3 Å². The van der Waals surface area contributed by atoms with Crippen LogP contribution in [0.1, 0.15) is 42.5 Å². The Morgan fingerprint density at radius 1 is 0.976 bits per heavy atom. The fourth-order valence-corrected chi connectivity index (χ4v) is 5.27. The molecule has 2 amide bonds. The van der Waals surface area contributed by atoms with E-state index in [1.54, 1.807) is 12.3 Å². The predicted molar refractivity (Wildman–Crippen MR) is 141 cm³/mol. The highest BCUT2D eigenvalue weighted by atomic mass is 32.1. The summed E-state index contributed by atoms with van der Waals surface area (Å²) in [5.74, 6) is 1.28. The van der Waals surface area contributed by atoms with Gasteiger partial charge in [0.2, 0.25) is 11.8 Å². The molecule has 226 valence electrons. The number of benzene rings is 1. The highest BCUT2D eigenvalue weighted by molar-refractivity contribution is 6.99. The fraction of sp³-hybridized carbons (Fsp3) is 0.480. The highest BCUT2D eigenvalue weighted by Crippen LogP contribution is 2.37. The quantitative estimate of drug-likeness (QED) is 0.328. The van der Waals surface area contributed by atoms with Crippen LogP contribution in [0.2, 0.25) is 0 Å². The molecule has 2 aromatic heterocycles. The molecule has 0 atom stereocenters. The van der Waals surface area contributed by atoms with Crippen LogP contribution in [0.25, 0.3) is 0 Å². The summed E-state index contributed by atoms with van der Waals surface area (Å²) in [5, 5.41) is 5.50. The molecule has 0 spiro atoms. The molecule has 1 saturated carbocycles. The minimum Gasteiger partial charge on any atom is -0.468 e. The average molecular weight is 617 g/mol. The molecule has 1 aliphatic carbocycles.